The number of nitrogens with zero attached hydrogens (tertiary/aromatic N) is 6. The molecule has 0 N–H and O–H groups in total. The van der Waals surface area contributed by atoms with E-state index < -0.39 is 11.7 Å². The van der Waals surface area contributed by atoms with E-state index in [-0.39, 0.29) is 11.4 Å². The van der Waals surface area contributed by atoms with Gasteiger partial charge in [0.25, 0.3) is 0 Å². The minimum Gasteiger partial charge on any atom is -0.497 e. The van der Waals surface area contributed by atoms with Crippen molar-refractivity contribution in [2.45, 2.75) is 5.92 Å². The van der Waals surface area contributed by atoms with Crippen LogP contribution in [0.5, 0.6) is 5.75 Å². The molecule has 34 heavy (non-hydrogen) atoms. The van der Waals surface area contributed by atoms with Gasteiger partial charge in [0, 0.05) is 13.1 Å². The number of morpholine rings is 1. The summed E-state index contributed by atoms with van der Waals surface area (Å²) in [5, 5.41) is 28.2. The summed E-state index contributed by atoms with van der Waals surface area (Å²) in [6.45, 7) is 2.30. The van der Waals surface area contributed by atoms with Crippen molar-refractivity contribution in [3.63, 3.8) is 0 Å². The second-order valence-electron chi connectivity index (χ2n) is 7.50. The monoisotopic (exact) mass is 454 g/mol. The zero-order chi connectivity index (χ0) is 23.9. The van der Waals surface area contributed by atoms with Crippen LogP contribution in [-0.4, -0.2) is 54.0 Å². The number of anilines is 1. The highest BCUT2D eigenvalue weighted by molar-refractivity contribution is 6.08. The normalized spacial score (nSPS) is 14.7. The fourth-order valence-electron chi connectivity index (χ4n) is 3.68. The van der Waals surface area contributed by atoms with Crippen molar-refractivity contribution >= 4 is 17.8 Å². The van der Waals surface area contributed by atoms with Crippen molar-refractivity contribution in [2.75, 3.05) is 38.3 Å². The number of nitriles is 2. The molecule has 3 aromatic rings. The molecule has 0 radical (unpaired) electrons. The second kappa shape index (κ2) is 10.4. The third-order valence-electron chi connectivity index (χ3n) is 5.44. The number of para-hydroxylation sites is 1. The predicted molar refractivity (Wildman–Crippen MR) is 124 cm³/mol. The standard InChI is InChI=1S/C25H22N6O3/c1-33-21-9-7-18(8-10-21)15-19(16-26)23(32)22(17-27)24-28-29-25(30-11-13-34-14-12-30)31(24)20-5-3-2-4-6-20/h2-10,15,22H,11-14H2,1H3/b19-15+. The van der Waals surface area contributed by atoms with Gasteiger partial charge in [0.05, 0.1) is 37.7 Å². The van der Waals surface area contributed by atoms with Crippen molar-refractivity contribution in [1.82, 2.24) is 14.8 Å². The predicted octanol–water partition coefficient (Wildman–Crippen LogP) is 2.90. The van der Waals surface area contributed by atoms with Crippen LogP contribution in [0.2, 0.25) is 0 Å². The number of hydrogen-bond donors (Lipinski definition) is 0. The van der Waals surface area contributed by atoms with E-state index in [0.29, 0.717) is 43.6 Å². The van der Waals surface area contributed by atoms with Crippen LogP contribution in [0.3, 0.4) is 0 Å². The third kappa shape index (κ3) is 4.65. The average Bonchev–Trinajstić information content (AvgIpc) is 3.33. The molecule has 0 bridgehead atoms. The lowest BCUT2D eigenvalue weighted by molar-refractivity contribution is -0.115. The van der Waals surface area contributed by atoms with Crippen molar-refractivity contribution in [1.29, 1.82) is 10.5 Å². The molecule has 1 unspecified atom stereocenters. The quantitative estimate of drug-likeness (QED) is 0.395. The molecule has 0 amide bonds. The maximum atomic E-state index is 13.3. The van der Waals surface area contributed by atoms with E-state index in [9.17, 15) is 15.3 Å². The van der Waals surface area contributed by atoms with E-state index in [0.717, 1.165) is 5.69 Å². The van der Waals surface area contributed by atoms with Crippen LogP contribution >= 0.6 is 0 Å². The molecule has 9 heteroatoms. The van der Waals surface area contributed by atoms with Gasteiger partial charge in [-0.05, 0) is 35.9 Å². The summed E-state index contributed by atoms with van der Waals surface area (Å²) in [6.07, 6.45) is 1.46. The van der Waals surface area contributed by atoms with Gasteiger partial charge in [0.2, 0.25) is 5.95 Å². The first kappa shape index (κ1) is 22.7. The summed E-state index contributed by atoms with van der Waals surface area (Å²) in [5.41, 5.74) is 1.21. The molecule has 170 valence electrons. The minimum absolute atomic E-state index is 0.146. The first-order valence-electron chi connectivity index (χ1n) is 10.7. The number of ketones is 1. The molecule has 1 fully saturated rings. The van der Waals surface area contributed by atoms with Gasteiger partial charge in [-0.2, -0.15) is 10.5 Å². The first-order valence-corrected chi connectivity index (χ1v) is 10.7. The van der Waals surface area contributed by atoms with Gasteiger partial charge >= 0.3 is 0 Å². The molecule has 2 heterocycles. The number of rotatable bonds is 7. The van der Waals surface area contributed by atoms with Crippen molar-refractivity contribution in [2.24, 2.45) is 0 Å². The number of aromatic nitrogens is 3. The SMILES string of the molecule is COc1ccc(/C=C(\C#N)C(=O)C(C#N)c2nnc(N3CCOCC3)n2-c2ccccc2)cc1. The topological polar surface area (TPSA) is 117 Å². The van der Waals surface area contributed by atoms with E-state index in [4.69, 9.17) is 9.47 Å². The zero-order valence-electron chi connectivity index (χ0n) is 18.6. The number of allylic oxidation sites excluding steroid dienone is 1. The van der Waals surface area contributed by atoms with Gasteiger partial charge < -0.3 is 14.4 Å². The van der Waals surface area contributed by atoms with Crippen LogP contribution in [0.15, 0.2) is 60.2 Å². The van der Waals surface area contributed by atoms with Crippen molar-refractivity contribution in [3.8, 4) is 23.6 Å². The largest absolute Gasteiger partial charge is 0.497 e. The number of benzene rings is 2. The minimum atomic E-state index is -1.31. The summed E-state index contributed by atoms with van der Waals surface area (Å²) >= 11 is 0. The Hall–Kier alpha value is -4.47. The Morgan fingerprint density at radius 3 is 2.41 bits per heavy atom. The van der Waals surface area contributed by atoms with E-state index in [1.54, 1.807) is 35.9 Å². The fraction of sp³-hybridized carbons (Fsp3) is 0.240. The van der Waals surface area contributed by atoms with E-state index >= 15 is 0 Å². The van der Waals surface area contributed by atoms with Gasteiger partial charge in [-0.25, -0.2) is 0 Å². The fourth-order valence-corrected chi connectivity index (χ4v) is 3.68. The Labute approximate surface area is 197 Å². The molecule has 0 saturated carbocycles. The lowest BCUT2D eigenvalue weighted by atomic mass is 9.96. The first-order chi connectivity index (χ1) is 16.7. The van der Waals surface area contributed by atoms with Gasteiger partial charge in [0.15, 0.2) is 17.5 Å². The van der Waals surface area contributed by atoms with Gasteiger partial charge in [0.1, 0.15) is 11.8 Å². The van der Waals surface area contributed by atoms with Crippen LogP contribution in [0.25, 0.3) is 11.8 Å². The average molecular weight is 454 g/mol. The molecular formula is C25H22N6O3. The van der Waals surface area contributed by atoms with Crippen LogP contribution in [-0.2, 0) is 9.53 Å². The van der Waals surface area contributed by atoms with Crippen LogP contribution in [0.1, 0.15) is 17.3 Å². The van der Waals surface area contributed by atoms with Crippen molar-refractivity contribution in [3.05, 3.63) is 71.6 Å². The number of methoxy groups -OCH3 is 1. The highest BCUT2D eigenvalue weighted by Crippen LogP contribution is 2.28. The molecule has 4 rings (SSSR count). The van der Waals surface area contributed by atoms with E-state index in [1.165, 1.54) is 6.08 Å². The molecule has 0 aliphatic carbocycles. The number of carbonyl (C=O) groups is 1. The molecule has 1 aliphatic rings. The molecule has 1 aliphatic heterocycles. The maximum Gasteiger partial charge on any atom is 0.232 e. The number of Topliss-reactive ketones (excluding diaryl/α,β-unsaturated/α-hetero) is 1. The molecule has 0 spiro atoms. The van der Waals surface area contributed by atoms with Crippen LogP contribution in [0.4, 0.5) is 5.95 Å². The van der Waals surface area contributed by atoms with E-state index in [2.05, 4.69) is 10.2 Å². The van der Waals surface area contributed by atoms with Gasteiger partial charge in [-0.15, -0.1) is 10.2 Å². The highest BCUT2D eigenvalue weighted by atomic mass is 16.5. The van der Waals surface area contributed by atoms with Gasteiger partial charge in [-0.3, -0.25) is 9.36 Å². The van der Waals surface area contributed by atoms with Crippen molar-refractivity contribution < 1.29 is 14.3 Å². The summed E-state index contributed by atoms with van der Waals surface area (Å²) in [5.74, 6) is -0.611. The Balaban J connectivity index is 1.74. The molecule has 2 aromatic carbocycles. The van der Waals surface area contributed by atoms with Crippen LogP contribution < -0.4 is 9.64 Å². The summed E-state index contributed by atoms with van der Waals surface area (Å²) in [7, 11) is 1.56. The lowest BCUT2D eigenvalue weighted by Crippen LogP contribution is -2.38. The molecule has 9 nitrogen and oxygen atoms in total. The molecule has 1 aromatic heterocycles. The molecular weight excluding hydrogens is 432 g/mol. The Morgan fingerprint density at radius 1 is 1.09 bits per heavy atom. The summed E-state index contributed by atoms with van der Waals surface area (Å²) in [4.78, 5) is 15.4. The van der Waals surface area contributed by atoms with Crippen LogP contribution in [0, 0.1) is 22.7 Å². The Bertz CT molecular complexity index is 1260. The highest BCUT2D eigenvalue weighted by Gasteiger charge is 2.32. The Morgan fingerprint density at radius 2 is 1.79 bits per heavy atom. The lowest BCUT2D eigenvalue weighted by Gasteiger charge is -2.28. The maximum absolute atomic E-state index is 13.3. The van der Waals surface area contributed by atoms with E-state index in [1.807, 2.05) is 47.4 Å². The zero-order valence-corrected chi connectivity index (χ0v) is 18.6. The number of ether oxygens (including phenoxy) is 2. The van der Waals surface area contributed by atoms with Gasteiger partial charge in [-0.1, -0.05) is 30.3 Å². The molecule has 1 saturated heterocycles. The smallest absolute Gasteiger partial charge is 0.232 e. The molecule has 1 atom stereocenters. The summed E-state index contributed by atoms with van der Waals surface area (Å²) in [6, 6.07) is 20.2. The summed E-state index contributed by atoms with van der Waals surface area (Å²) < 4.78 is 12.3. The number of carbonyl (C=O) groups excluding carboxylic acids is 1. The number of hydrogen-bond acceptors (Lipinski definition) is 8. The Kier molecular flexibility index (Phi) is 6.97. The second-order valence-corrected chi connectivity index (χ2v) is 7.50. The third-order valence-corrected chi connectivity index (χ3v) is 5.44.